The molecular formula is C21H37N5O3S. The van der Waals surface area contributed by atoms with Crippen molar-refractivity contribution in [3.63, 3.8) is 0 Å². The Morgan fingerprint density at radius 2 is 1.47 bits per heavy atom. The first-order chi connectivity index (χ1) is 14.0. The van der Waals surface area contributed by atoms with Crippen molar-refractivity contribution in [3.05, 3.63) is 17.5 Å². The molecule has 8 nitrogen and oxygen atoms in total. The molecule has 0 spiro atoms. The Morgan fingerprint density at radius 3 is 1.93 bits per heavy atom. The van der Waals surface area contributed by atoms with Crippen LogP contribution in [0.25, 0.3) is 0 Å². The molecule has 30 heavy (non-hydrogen) atoms. The number of carbonyl (C=O) groups excluding carboxylic acids is 1. The van der Waals surface area contributed by atoms with E-state index in [0.717, 1.165) is 31.4 Å². The third kappa shape index (κ3) is 4.89. The maximum absolute atomic E-state index is 13.1. The van der Waals surface area contributed by atoms with Crippen LogP contribution in [-0.4, -0.2) is 76.9 Å². The topological polar surface area (TPSA) is 78.8 Å². The molecule has 0 saturated carbocycles. The van der Waals surface area contributed by atoms with E-state index in [1.54, 1.807) is 9.21 Å². The average Bonchev–Trinajstić information content (AvgIpc) is 2.97. The molecule has 0 radical (unpaired) electrons. The lowest BCUT2D eigenvalue weighted by Crippen LogP contribution is -2.54. The smallest absolute Gasteiger partial charge is 0.282 e. The van der Waals surface area contributed by atoms with Crippen molar-refractivity contribution in [3.8, 4) is 0 Å². The van der Waals surface area contributed by atoms with Gasteiger partial charge in [-0.25, -0.2) is 0 Å². The average molecular weight is 440 g/mol. The van der Waals surface area contributed by atoms with Gasteiger partial charge in [0.05, 0.1) is 5.54 Å². The minimum Gasteiger partial charge on any atom is -0.335 e. The van der Waals surface area contributed by atoms with Crippen molar-refractivity contribution < 1.29 is 13.2 Å². The largest absolute Gasteiger partial charge is 0.335 e. The van der Waals surface area contributed by atoms with Crippen molar-refractivity contribution >= 4 is 16.1 Å². The summed E-state index contributed by atoms with van der Waals surface area (Å²) < 4.78 is 31.1. The van der Waals surface area contributed by atoms with E-state index in [1.807, 2.05) is 10.7 Å². The highest BCUT2D eigenvalue weighted by atomic mass is 32.2. The first-order valence-corrected chi connectivity index (χ1v) is 12.6. The zero-order valence-corrected chi connectivity index (χ0v) is 19.9. The molecular weight excluding hydrogens is 402 g/mol. The van der Waals surface area contributed by atoms with Crippen LogP contribution in [-0.2, 0) is 15.7 Å². The zero-order chi connectivity index (χ0) is 22.1. The van der Waals surface area contributed by atoms with Crippen molar-refractivity contribution in [2.75, 3.05) is 39.3 Å². The normalized spacial score (nSPS) is 20.5. The monoisotopic (exact) mass is 439 g/mol. The summed E-state index contributed by atoms with van der Waals surface area (Å²) in [6.45, 7) is 13.1. The van der Waals surface area contributed by atoms with Crippen molar-refractivity contribution in [1.82, 2.24) is 23.3 Å². The van der Waals surface area contributed by atoms with Gasteiger partial charge in [0.2, 0.25) is 0 Å². The number of rotatable bonds is 4. The molecule has 9 heteroatoms. The first kappa shape index (κ1) is 23.2. The van der Waals surface area contributed by atoms with E-state index < -0.39 is 10.2 Å². The molecule has 170 valence electrons. The van der Waals surface area contributed by atoms with E-state index in [4.69, 9.17) is 0 Å². The second-order valence-corrected chi connectivity index (χ2v) is 11.6. The van der Waals surface area contributed by atoms with Crippen LogP contribution >= 0.6 is 0 Å². The van der Waals surface area contributed by atoms with Crippen LogP contribution in [0.2, 0.25) is 0 Å². The summed E-state index contributed by atoms with van der Waals surface area (Å²) in [5.74, 6) is 0.139. The standard InChI is InChI=1S/C21H37N5O3S/c1-17(2)19-16-18(22-26(19)21(3,4)5)20(27)23-12-14-25(15-13-23)30(28,29)24-10-8-6-7-9-11-24/h16-17H,6-15H2,1-5H3. The third-order valence-electron chi connectivity index (χ3n) is 5.93. The molecule has 0 atom stereocenters. The Labute approximate surface area is 181 Å². The Morgan fingerprint density at radius 1 is 0.933 bits per heavy atom. The number of carbonyl (C=O) groups is 1. The molecule has 2 saturated heterocycles. The molecule has 0 aromatic carbocycles. The van der Waals surface area contributed by atoms with Gasteiger partial charge < -0.3 is 4.90 Å². The SMILES string of the molecule is CC(C)c1cc(C(=O)N2CCN(S(=O)(=O)N3CCCCCC3)CC2)nn1C(C)(C)C. The summed E-state index contributed by atoms with van der Waals surface area (Å²) in [7, 11) is -3.45. The molecule has 0 N–H and O–H groups in total. The van der Waals surface area contributed by atoms with E-state index in [9.17, 15) is 13.2 Å². The minimum absolute atomic E-state index is 0.119. The molecule has 0 unspecified atom stereocenters. The van der Waals surface area contributed by atoms with E-state index in [2.05, 4.69) is 39.7 Å². The lowest BCUT2D eigenvalue weighted by atomic mass is 10.1. The second kappa shape index (κ2) is 8.96. The molecule has 1 amide bonds. The summed E-state index contributed by atoms with van der Waals surface area (Å²) in [4.78, 5) is 14.8. The fraction of sp³-hybridized carbons (Fsp3) is 0.810. The second-order valence-electron chi connectivity index (χ2n) is 9.70. The maximum atomic E-state index is 13.1. The lowest BCUT2D eigenvalue weighted by Gasteiger charge is -2.36. The van der Waals surface area contributed by atoms with Crippen LogP contribution in [0.1, 0.15) is 82.4 Å². The number of hydrogen-bond acceptors (Lipinski definition) is 4. The summed E-state index contributed by atoms with van der Waals surface area (Å²) in [5.41, 5.74) is 1.27. The van der Waals surface area contributed by atoms with Crippen molar-refractivity contribution in [2.45, 2.75) is 71.8 Å². The maximum Gasteiger partial charge on any atom is 0.282 e. The predicted molar refractivity (Wildman–Crippen MR) is 118 cm³/mol. The van der Waals surface area contributed by atoms with Gasteiger partial charge in [0.15, 0.2) is 5.69 Å². The highest BCUT2D eigenvalue weighted by molar-refractivity contribution is 7.86. The quantitative estimate of drug-likeness (QED) is 0.722. The number of nitrogens with zero attached hydrogens (tertiary/aromatic N) is 5. The van der Waals surface area contributed by atoms with E-state index >= 15 is 0 Å². The Bertz CT molecular complexity index is 840. The van der Waals surface area contributed by atoms with Crippen LogP contribution < -0.4 is 0 Å². The van der Waals surface area contributed by atoms with Gasteiger partial charge in [-0.2, -0.15) is 22.1 Å². The number of hydrogen-bond donors (Lipinski definition) is 0. The Balaban J connectivity index is 1.68. The summed E-state index contributed by atoms with van der Waals surface area (Å²) >= 11 is 0. The van der Waals surface area contributed by atoms with Gasteiger partial charge in [-0.3, -0.25) is 9.48 Å². The van der Waals surface area contributed by atoms with E-state index in [-0.39, 0.29) is 17.4 Å². The van der Waals surface area contributed by atoms with Gasteiger partial charge in [-0.05, 0) is 45.6 Å². The van der Waals surface area contributed by atoms with Crippen LogP contribution in [0, 0.1) is 0 Å². The van der Waals surface area contributed by atoms with E-state index in [0.29, 0.717) is 45.0 Å². The Hall–Kier alpha value is -1.45. The van der Waals surface area contributed by atoms with Gasteiger partial charge in [-0.1, -0.05) is 26.7 Å². The van der Waals surface area contributed by atoms with Crippen molar-refractivity contribution in [2.24, 2.45) is 0 Å². The minimum atomic E-state index is -3.45. The van der Waals surface area contributed by atoms with Crippen LogP contribution in [0.15, 0.2) is 6.07 Å². The van der Waals surface area contributed by atoms with Gasteiger partial charge in [-0.15, -0.1) is 0 Å². The molecule has 2 aliphatic rings. The first-order valence-electron chi connectivity index (χ1n) is 11.2. The molecule has 0 aliphatic carbocycles. The summed E-state index contributed by atoms with van der Waals surface area (Å²) in [6.07, 6.45) is 4.03. The van der Waals surface area contributed by atoms with E-state index in [1.165, 1.54) is 4.31 Å². The fourth-order valence-corrected chi connectivity index (χ4v) is 5.84. The van der Waals surface area contributed by atoms with Crippen molar-refractivity contribution in [1.29, 1.82) is 0 Å². The summed E-state index contributed by atoms with van der Waals surface area (Å²) in [6, 6.07) is 1.89. The molecule has 2 aliphatic heterocycles. The number of piperazine rings is 1. The fourth-order valence-electron chi connectivity index (χ4n) is 4.17. The third-order valence-corrected chi connectivity index (χ3v) is 7.96. The van der Waals surface area contributed by atoms with Crippen LogP contribution in [0.5, 0.6) is 0 Å². The molecule has 0 bridgehead atoms. The summed E-state index contributed by atoms with van der Waals surface area (Å²) in [5, 5.41) is 4.61. The molecule has 1 aromatic heterocycles. The Kier molecular flexibility index (Phi) is 6.94. The molecule has 3 heterocycles. The number of amides is 1. The van der Waals surface area contributed by atoms with Gasteiger partial charge >= 0.3 is 0 Å². The van der Waals surface area contributed by atoms with Gasteiger partial charge in [0, 0.05) is 45.0 Å². The zero-order valence-electron chi connectivity index (χ0n) is 19.1. The molecule has 3 rings (SSSR count). The van der Waals surface area contributed by atoms with Gasteiger partial charge in [0.1, 0.15) is 0 Å². The molecule has 2 fully saturated rings. The lowest BCUT2D eigenvalue weighted by molar-refractivity contribution is 0.0686. The number of aromatic nitrogens is 2. The molecule has 1 aromatic rings. The van der Waals surface area contributed by atoms with Crippen LogP contribution in [0.3, 0.4) is 0 Å². The van der Waals surface area contributed by atoms with Crippen LogP contribution in [0.4, 0.5) is 0 Å². The predicted octanol–water partition coefficient (Wildman–Crippen LogP) is 2.64. The highest BCUT2D eigenvalue weighted by Crippen LogP contribution is 2.25. The van der Waals surface area contributed by atoms with Gasteiger partial charge in [0.25, 0.3) is 16.1 Å². The highest BCUT2D eigenvalue weighted by Gasteiger charge is 2.34.